The van der Waals surface area contributed by atoms with Crippen molar-refractivity contribution < 1.29 is 22.4 Å². The standard InChI is InChI=1S/C19H12F4N2OS/c20-16-14(19(21,22)23)6-3-7-15(16)24-18(27)25-17(26)13-9-8-11-4-1-2-5-12(11)10-13/h1-10H,(H2,24,25,26,27). The average Bonchev–Trinajstić information content (AvgIpc) is 2.62. The highest BCUT2D eigenvalue weighted by molar-refractivity contribution is 7.80. The van der Waals surface area contributed by atoms with Gasteiger partial charge < -0.3 is 5.32 Å². The Morgan fingerprint density at radius 1 is 0.926 bits per heavy atom. The van der Waals surface area contributed by atoms with E-state index in [1.54, 1.807) is 18.2 Å². The maximum atomic E-state index is 14.0. The van der Waals surface area contributed by atoms with Crippen LogP contribution < -0.4 is 10.6 Å². The van der Waals surface area contributed by atoms with Crippen LogP contribution in [0.5, 0.6) is 0 Å². The van der Waals surface area contributed by atoms with E-state index in [0.717, 1.165) is 22.9 Å². The summed E-state index contributed by atoms with van der Waals surface area (Å²) >= 11 is 4.91. The van der Waals surface area contributed by atoms with Gasteiger partial charge in [0, 0.05) is 5.56 Å². The van der Waals surface area contributed by atoms with E-state index in [0.29, 0.717) is 11.6 Å². The third kappa shape index (κ3) is 4.22. The first-order valence-electron chi connectivity index (χ1n) is 7.72. The van der Waals surface area contributed by atoms with Crippen LogP contribution >= 0.6 is 12.2 Å². The summed E-state index contributed by atoms with van der Waals surface area (Å²) < 4.78 is 52.3. The van der Waals surface area contributed by atoms with Crippen LogP contribution in [-0.2, 0) is 6.18 Å². The molecule has 0 aliphatic heterocycles. The lowest BCUT2D eigenvalue weighted by atomic mass is 10.1. The fraction of sp³-hybridized carbons (Fsp3) is 0.0526. The molecular weight excluding hydrogens is 380 g/mol. The van der Waals surface area contributed by atoms with Crippen molar-refractivity contribution in [1.82, 2.24) is 5.32 Å². The topological polar surface area (TPSA) is 41.1 Å². The Kier molecular flexibility index (Phi) is 5.09. The minimum absolute atomic E-state index is 0.308. The molecule has 8 heteroatoms. The van der Waals surface area contributed by atoms with Gasteiger partial charge in [-0.1, -0.05) is 36.4 Å². The number of amides is 1. The van der Waals surface area contributed by atoms with Crippen molar-refractivity contribution in [1.29, 1.82) is 0 Å². The third-order valence-electron chi connectivity index (χ3n) is 3.79. The Bertz CT molecular complexity index is 1030. The summed E-state index contributed by atoms with van der Waals surface area (Å²) in [5, 5.41) is 6.09. The molecule has 0 atom stereocenters. The lowest BCUT2D eigenvalue weighted by molar-refractivity contribution is -0.139. The highest BCUT2D eigenvalue weighted by Crippen LogP contribution is 2.33. The fourth-order valence-electron chi connectivity index (χ4n) is 2.51. The van der Waals surface area contributed by atoms with Crippen LogP contribution in [0.25, 0.3) is 10.8 Å². The first-order chi connectivity index (χ1) is 12.8. The molecule has 2 N–H and O–H groups in total. The number of rotatable bonds is 2. The van der Waals surface area contributed by atoms with Crippen LogP contribution in [0.3, 0.4) is 0 Å². The lowest BCUT2D eigenvalue weighted by Crippen LogP contribution is -2.34. The largest absolute Gasteiger partial charge is 0.419 e. The summed E-state index contributed by atoms with van der Waals surface area (Å²) in [4.78, 5) is 12.3. The van der Waals surface area contributed by atoms with Gasteiger partial charge in [-0.05, 0) is 47.3 Å². The predicted molar refractivity (Wildman–Crippen MR) is 99.0 cm³/mol. The number of carbonyl (C=O) groups is 1. The van der Waals surface area contributed by atoms with E-state index in [-0.39, 0.29) is 5.11 Å². The summed E-state index contributed by atoms with van der Waals surface area (Å²) in [5.41, 5.74) is -1.59. The van der Waals surface area contributed by atoms with Crippen molar-refractivity contribution >= 4 is 39.7 Å². The fourth-order valence-corrected chi connectivity index (χ4v) is 2.71. The molecule has 0 saturated carbocycles. The van der Waals surface area contributed by atoms with Gasteiger partial charge in [-0.3, -0.25) is 10.1 Å². The number of fused-ring (bicyclic) bond motifs is 1. The number of benzene rings is 3. The highest BCUT2D eigenvalue weighted by atomic mass is 32.1. The zero-order valence-corrected chi connectivity index (χ0v) is 14.4. The number of halogens is 4. The molecule has 3 aromatic rings. The molecule has 0 unspecified atom stereocenters. The van der Waals surface area contributed by atoms with E-state index in [2.05, 4.69) is 10.6 Å². The molecule has 0 saturated heterocycles. The summed E-state index contributed by atoms with van der Waals surface area (Å²) in [6.45, 7) is 0. The third-order valence-corrected chi connectivity index (χ3v) is 4.00. The Balaban J connectivity index is 1.74. The van der Waals surface area contributed by atoms with Gasteiger partial charge in [-0.25, -0.2) is 4.39 Å². The van der Waals surface area contributed by atoms with Crippen LogP contribution in [-0.4, -0.2) is 11.0 Å². The quantitative estimate of drug-likeness (QED) is 0.470. The van der Waals surface area contributed by atoms with Crippen LogP contribution in [0.2, 0.25) is 0 Å². The molecule has 0 radical (unpaired) electrons. The monoisotopic (exact) mass is 392 g/mol. The average molecular weight is 392 g/mol. The van der Waals surface area contributed by atoms with E-state index >= 15 is 0 Å². The van der Waals surface area contributed by atoms with Crippen molar-refractivity contribution in [2.45, 2.75) is 6.18 Å². The number of thiocarbonyl (C=S) groups is 1. The van der Waals surface area contributed by atoms with Gasteiger partial charge in [0.2, 0.25) is 0 Å². The Morgan fingerprint density at radius 2 is 1.63 bits per heavy atom. The molecule has 27 heavy (non-hydrogen) atoms. The summed E-state index contributed by atoms with van der Waals surface area (Å²) in [6.07, 6.45) is -4.84. The zero-order valence-electron chi connectivity index (χ0n) is 13.6. The second-order valence-electron chi connectivity index (χ2n) is 5.64. The van der Waals surface area contributed by atoms with E-state index in [9.17, 15) is 22.4 Å². The highest BCUT2D eigenvalue weighted by Gasteiger charge is 2.35. The van der Waals surface area contributed by atoms with Crippen LogP contribution in [0, 0.1) is 5.82 Å². The SMILES string of the molecule is O=C(NC(=S)Nc1cccc(C(F)(F)F)c1F)c1ccc2ccccc2c1. The minimum Gasteiger partial charge on any atom is -0.330 e. The number of alkyl halides is 3. The smallest absolute Gasteiger partial charge is 0.330 e. The van der Waals surface area contributed by atoms with Gasteiger partial charge in [0.05, 0.1) is 11.3 Å². The van der Waals surface area contributed by atoms with Crippen LogP contribution in [0.1, 0.15) is 15.9 Å². The molecule has 0 spiro atoms. The number of anilines is 1. The first-order valence-corrected chi connectivity index (χ1v) is 8.13. The minimum atomic E-state index is -4.84. The van der Waals surface area contributed by atoms with Gasteiger partial charge >= 0.3 is 6.18 Å². The number of nitrogens with one attached hydrogen (secondary N) is 2. The zero-order chi connectivity index (χ0) is 19.6. The van der Waals surface area contributed by atoms with E-state index in [1.165, 1.54) is 0 Å². The second kappa shape index (κ2) is 7.32. The molecule has 0 heterocycles. The first kappa shape index (κ1) is 18.8. The molecule has 0 fully saturated rings. The Morgan fingerprint density at radius 3 is 2.33 bits per heavy atom. The molecule has 0 aliphatic carbocycles. The van der Waals surface area contributed by atoms with Crippen molar-refractivity contribution in [3.05, 3.63) is 77.6 Å². The van der Waals surface area contributed by atoms with Crippen molar-refractivity contribution in [3.8, 4) is 0 Å². The maximum absolute atomic E-state index is 14.0. The van der Waals surface area contributed by atoms with Crippen LogP contribution in [0.15, 0.2) is 60.7 Å². The van der Waals surface area contributed by atoms with Crippen molar-refractivity contribution in [2.24, 2.45) is 0 Å². The summed E-state index contributed by atoms with van der Waals surface area (Å²) in [5.74, 6) is -2.06. The van der Waals surface area contributed by atoms with Gasteiger partial charge in [0.25, 0.3) is 5.91 Å². The normalized spacial score (nSPS) is 11.3. The molecule has 3 aromatic carbocycles. The van der Waals surface area contributed by atoms with Gasteiger partial charge in [-0.2, -0.15) is 13.2 Å². The van der Waals surface area contributed by atoms with E-state index < -0.39 is 29.2 Å². The number of hydrogen-bond donors (Lipinski definition) is 2. The van der Waals surface area contributed by atoms with Gasteiger partial charge in [0.1, 0.15) is 0 Å². The van der Waals surface area contributed by atoms with Crippen LogP contribution in [0.4, 0.5) is 23.2 Å². The predicted octanol–water partition coefficient (Wildman–Crippen LogP) is 5.12. The Hall–Kier alpha value is -3.00. The molecule has 0 bridgehead atoms. The van der Waals surface area contributed by atoms with Gasteiger partial charge in [-0.15, -0.1) is 0 Å². The molecule has 0 aliphatic rings. The molecular formula is C19H12F4N2OS. The Labute approximate surface area is 157 Å². The van der Waals surface area contributed by atoms with E-state index in [4.69, 9.17) is 12.2 Å². The maximum Gasteiger partial charge on any atom is 0.419 e. The number of hydrogen-bond acceptors (Lipinski definition) is 2. The molecule has 1 amide bonds. The summed E-state index contributed by atoms with van der Waals surface area (Å²) in [7, 11) is 0. The molecule has 3 rings (SSSR count). The van der Waals surface area contributed by atoms with Crippen molar-refractivity contribution in [3.63, 3.8) is 0 Å². The molecule has 0 aromatic heterocycles. The van der Waals surface area contributed by atoms with Gasteiger partial charge in [0.15, 0.2) is 10.9 Å². The van der Waals surface area contributed by atoms with Crippen molar-refractivity contribution in [2.75, 3.05) is 5.32 Å². The van der Waals surface area contributed by atoms with E-state index in [1.807, 2.05) is 24.3 Å². The molecule has 3 nitrogen and oxygen atoms in total. The lowest BCUT2D eigenvalue weighted by Gasteiger charge is -2.14. The number of carbonyl (C=O) groups excluding carboxylic acids is 1. The summed E-state index contributed by atoms with van der Waals surface area (Å²) in [6, 6.07) is 15.2. The second-order valence-corrected chi connectivity index (χ2v) is 6.04. The molecule has 138 valence electrons.